The summed E-state index contributed by atoms with van der Waals surface area (Å²) in [5, 5.41) is 5.23. The highest BCUT2D eigenvalue weighted by Crippen LogP contribution is 2.39. The van der Waals surface area contributed by atoms with Crippen molar-refractivity contribution in [3.05, 3.63) is 0 Å². The number of rotatable bonds is 26. The molecule has 0 spiro atoms. The number of ether oxygens (including phenoxy) is 1. The van der Waals surface area contributed by atoms with Gasteiger partial charge in [-0.05, 0) is 13.3 Å². The first kappa shape index (κ1) is 36.3. The van der Waals surface area contributed by atoms with E-state index in [2.05, 4.69) is 17.6 Å². The molecule has 37 heavy (non-hydrogen) atoms. The molecule has 0 aliphatic carbocycles. The molecule has 0 saturated carbocycles. The lowest BCUT2D eigenvalue weighted by Gasteiger charge is -2.30. The second kappa shape index (κ2) is 23.2. The summed E-state index contributed by atoms with van der Waals surface area (Å²) in [6.45, 7) is 5.70. The molecular weight excluding hydrogens is 493 g/mol. The van der Waals surface area contributed by atoms with Crippen molar-refractivity contribution in [1.29, 1.82) is 0 Å². The molecule has 2 atom stereocenters. The van der Waals surface area contributed by atoms with Crippen LogP contribution in [0, 0.1) is 0 Å². The van der Waals surface area contributed by atoms with Crippen molar-refractivity contribution in [2.24, 2.45) is 0 Å². The van der Waals surface area contributed by atoms with E-state index >= 15 is 0 Å². The van der Waals surface area contributed by atoms with Crippen molar-refractivity contribution < 1.29 is 32.5 Å². The Balaban J connectivity index is 4.02. The van der Waals surface area contributed by atoms with Gasteiger partial charge in [0, 0.05) is 19.7 Å². The summed E-state index contributed by atoms with van der Waals surface area (Å²) >= 11 is 0. The summed E-state index contributed by atoms with van der Waals surface area (Å²) in [5.41, 5.74) is 0. The molecule has 0 fully saturated rings. The number of phosphoric acid groups is 1. The second-order valence-corrected chi connectivity index (χ2v) is 12.3. The van der Waals surface area contributed by atoms with Crippen molar-refractivity contribution in [3.8, 4) is 0 Å². The van der Waals surface area contributed by atoms with Crippen LogP contribution in [-0.4, -0.2) is 77.2 Å². The van der Waals surface area contributed by atoms with Crippen molar-refractivity contribution in [2.75, 3.05) is 60.6 Å². The maximum absolute atomic E-state index is 12.3. The molecule has 10 heteroatoms. The van der Waals surface area contributed by atoms with Gasteiger partial charge in [-0.3, -0.25) is 4.57 Å². The lowest BCUT2D eigenvalue weighted by atomic mass is 10.0. The topological polar surface area (TPSA) is 109 Å². The summed E-state index contributed by atoms with van der Waals surface area (Å²) < 4.78 is 28.7. The van der Waals surface area contributed by atoms with E-state index in [0.717, 1.165) is 12.8 Å². The zero-order valence-corrected chi connectivity index (χ0v) is 25.5. The third-order valence-corrected chi connectivity index (χ3v) is 7.12. The molecule has 2 N–H and O–H groups in total. The van der Waals surface area contributed by atoms with Gasteiger partial charge in [0.15, 0.2) is 0 Å². The summed E-state index contributed by atoms with van der Waals surface area (Å²) in [7, 11) is 1.33. The molecular formula is C27H58N3O6P. The van der Waals surface area contributed by atoms with E-state index < -0.39 is 13.9 Å². The molecule has 0 aromatic heterocycles. The minimum atomic E-state index is -4.51. The Labute approximate surface area is 227 Å². The third kappa shape index (κ3) is 26.7. The van der Waals surface area contributed by atoms with E-state index in [-0.39, 0.29) is 25.8 Å². The monoisotopic (exact) mass is 551 g/mol. The molecule has 9 nitrogen and oxygen atoms in total. The molecule has 0 aromatic rings. The second-order valence-electron chi connectivity index (χ2n) is 10.9. The summed E-state index contributed by atoms with van der Waals surface area (Å²) in [4.78, 5) is 24.0. The van der Waals surface area contributed by atoms with Gasteiger partial charge in [0.2, 0.25) is 0 Å². The van der Waals surface area contributed by atoms with Gasteiger partial charge in [-0.25, -0.2) is 4.79 Å². The van der Waals surface area contributed by atoms with E-state index in [4.69, 9.17) is 13.8 Å². The number of quaternary nitrogens is 1. The van der Waals surface area contributed by atoms with Crippen LogP contribution in [-0.2, 0) is 18.3 Å². The highest BCUT2D eigenvalue weighted by atomic mass is 31.2. The number of nitrogens with zero attached hydrogens (tertiary/aromatic N) is 1. The number of hydrogen-bond acceptors (Lipinski definition) is 6. The van der Waals surface area contributed by atoms with Gasteiger partial charge in [-0.1, -0.05) is 90.4 Å². The predicted molar refractivity (Wildman–Crippen MR) is 150 cm³/mol. The Hall–Kier alpha value is -0.700. The molecule has 0 rings (SSSR count). The number of urea groups is 1. The maximum Gasteiger partial charge on any atom is 0.314 e. The molecule has 0 aliphatic rings. The highest BCUT2D eigenvalue weighted by Gasteiger charge is 2.20. The van der Waals surface area contributed by atoms with Gasteiger partial charge in [0.05, 0.1) is 27.7 Å². The summed E-state index contributed by atoms with van der Waals surface area (Å²) in [5.74, 6) is 0. The van der Waals surface area contributed by atoms with E-state index in [1.54, 1.807) is 6.92 Å². The lowest BCUT2D eigenvalue weighted by molar-refractivity contribution is -0.870. The van der Waals surface area contributed by atoms with Crippen molar-refractivity contribution in [2.45, 2.75) is 110 Å². The average molecular weight is 552 g/mol. The summed E-state index contributed by atoms with van der Waals surface area (Å²) in [6, 6.07) is -0.380. The predicted octanol–water partition coefficient (Wildman–Crippen LogP) is 5.38. The van der Waals surface area contributed by atoms with Gasteiger partial charge in [0.25, 0.3) is 7.82 Å². The van der Waals surface area contributed by atoms with Crippen LogP contribution in [0.2, 0.25) is 0 Å². The SMILES string of the molecule is CCCCCCCCCCCCCCCCOCC(CNC(=O)NCC)OP(=O)([O-])OCC[N+](C)(C)C. The molecule has 0 saturated heterocycles. The Morgan fingerprint density at radius 2 is 1.32 bits per heavy atom. The van der Waals surface area contributed by atoms with Crippen LogP contribution < -0.4 is 15.5 Å². The highest BCUT2D eigenvalue weighted by molar-refractivity contribution is 7.45. The average Bonchev–Trinajstić information content (AvgIpc) is 2.81. The fourth-order valence-electron chi connectivity index (χ4n) is 3.81. The number of amides is 2. The first-order valence-corrected chi connectivity index (χ1v) is 16.1. The van der Waals surface area contributed by atoms with Crippen molar-refractivity contribution in [1.82, 2.24) is 10.6 Å². The minimum Gasteiger partial charge on any atom is -0.756 e. The van der Waals surface area contributed by atoms with Crippen molar-refractivity contribution in [3.63, 3.8) is 0 Å². The quantitative estimate of drug-likeness (QED) is 0.0849. The Kier molecular flexibility index (Phi) is 22.8. The Bertz CT molecular complexity index is 589. The number of likely N-dealkylation sites (N-methyl/N-ethyl adjacent to an activating group) is 1. The van der Waals surface area contributed by atoms with Gasteiger partial charge in [-0.15, -0.1) is 0 Å². The van der Waals surface area contributed by atoms with E-state index in [0.29, 0.717) is 24.2 Å². The first-order chi connectivity index (χ1) is 17.6. The molecule has 0 aliphatic heterocycles. The molecule has 2 unspecified atom stereocenters. The fraction of sp³-hybridized carbons (Fsp3) is 0.963. The molecule has 0 bridgehead atoms. The van der Waals surface area contributed by atoms with Crippen LogP contribution in [0.4, 0.5) is 4.79 Å². The Morgan fingerprint density at radius 1 is 0.811 bits per heavy atom. The van der Waals surface area contributed by atoms with Gasteiger partial charge in [-0.2, -0.15) is 0 Å². The lowest BCUT2D eigenvalue weighted by Crippen LogP contribution is -2.42. The van der Waals surface area contributed by atoms with Crippen LogP contribution >= 0.6 is 7.82 Å². The van der Waals surface area contributed by atoms with Gasteiger partial charge >= 0.3 is 6.03 Å². The number of phosphoric ester groups is 1. The van der Waals surface area contributed by atoms with Gasteiger partial charge in [0.1, 0.15) is 19.3 Å². The van der Waals surface area contributed by atoms with Crippen LogP contribution in [0.25, 0.3) is 0 Å². The first-order valence-electron chi connectivity index (χ1n) is 14.6. The van der Waals surface area contributed by atoms with Crippen LogP contribution in [0.3, 0.4) is 0 Å². The zero-order chi connectivity index (χ0) is 27.8. The molecule has 222 valence electrons. The van der Waals surface area contributed by atoms with Crippen LogP contribution in [0.15, 0.2) is 0 Å². The van der Waals surface area contributed by atoms with Gasteiger partial charge < -0.3 is 33.8 Å². The maximum atomic E-state index is 12.3. The normalized spacial score (nSPS) is 14.3. The minimum absolute atomic E-state index is 0.00942. The van der Waals surface area contributed by atoms with E-state index in [1.807, 2.05) is 21.1 Å². The molecule has 0 aromatic carbocycles. The Morgan fingerprint density at radius 3 is 1.81 bits per heavy atom. The van der Waals surface area contributed by atoms with E-state index in [9.17, 15) is 14.3 Å². The van der Waals surface area contributed by atoms with E-state index in [1.165, 1.54) is 77.0 Å². The van der Waals surface area contributed by atoms with Crippen LogP contribution in [0.5, 0.6) is 0 Å². The standard InChI is InChI=1S/C27H58N3O6P/c1-6-8-9-10-11-12-13-14-15-16-17-18-19-20-22-34-25-26(24-29-27(31)28-7-2)36-37(32,33)35-23-21-30(3,4)5/h26H,6-25H2,1-5H3,(H2-,28,29,31,32,33). The summed E-state index contributed by atoms with van der Waals surface area (Å²) in [6.07, 6.45) is 17.2. The number of carbonyl (C=O) groups is 1. The number of carbonyl (C=O) groups excluding carboxylic acids is 1. The number of nitrogens with one attached hydrogen (secondary N) is 2. The van der Waals surface area contributed by atoms with Crippen molar-refractivity contribution >= 4 is 13.9 Å². The zero-order valence-electron chi connectivity index (χ0n) is 24.6. The number of hydrogen-bond donors (Lipinski definition) is 2. The van der Waals surface area contributed by atoms with Crippen LogP contribution in [0.1, 0.15) is 104 Å². The molecule has 2 amide bonds. The molecule has 0 radical (unpaired) electrons. The smallest absolute Gasteiger partial charge is 0.314 e. The largest absolute Gasteiger partial charge is 0.756 e. The molecule has 0 heterocycles. The fourth-order valence-corrected chi connectivity index (χ4v) is 4.68. The third-order valence-electron chi connectivity index (χ3n) is 6.06. The number of unbranched alkanes of at least 4 members (excludes halogenated alkanes) is 13.